The van der Waals surface area contributed by atoms with Gasteiger partial charge in [-0.3, -0.25) is 9.69 Å². The quantitative estimate of drug-likeness (QED) is 0.461. The third-order valence-electron chi connectivity index (χ3n) is 6.46. The molecule has 1 aliphatic heterocycles. The van der Waals surface area contributed by atoms with Gasteiger partial charge in [-0.05, 0) is 68.9 Å². The van der Waals surface area contributed by atoms with Crippen LogP contribution >= 0.6 is 11.6 Å². The van der Waals surface area contributed by atoms with E-state index in [4.69, 9.17) is 16.3 Å². The van der Waals surface area contributed by atoms with E-state index in [0.29, 0.717) is 30.6 Å². The Morgan fingerprint density at radius 3 is 2.42 bits per heavy atom. The van der Waals surface area contributed by atoms with Gasteiger partial charge in [0.15, 0.2) is 0 Å². The van der Waals surface area contributed by atoms with Gasteiger partial charge in [-0.1, -0.05) is 54.8 Å². The molecule has 2 aromatic carbocycles. The van der Waals surface area contributed by atoms with Crippen molar-refractivity contribution in [1.29, 1.82) is 0 Å². The molecule has 0 bridgehead atoms. The zero-order valence-corrected chi connectivity index (χ0v) is 20.5. The molecule has 0 radical (unpaired) electrons. The highest BCUT2D eigenvalue weighted by Crippen LogP contribution is 2.39. The summed E-state index contributed by atoms with van der Waals surface area (Å²) >= 11 is 6.10. The van der Waals surface area contributed by atoms with Crippen LogP contribution in [0.15, 0.2) is 48.5 Å². The molecule has 6 heteroatoms. The molecule has 4 rings (SSSR count). The van der Waals surface area contributed by atoms with Gasteiger partial charge < -0.3 is 9.64 Å². The van der Waals surface area contributed by atoms with Gasteiger partial charge in [0.2, 0.25) is 0 Å². The van der Waals surface area contributed by atoms with Crippen molar-refractivity contribution in [3.8, 4) is 0 Å². The number of hydrogen-bond donors (Lipinski definition) is 0. The monoisotopic (exact) mass is 468 g/mol. The molecular weight excluding hydrogens is 436 g/mol. The van der Waals surface area contributed by atoms with Gasteiger partial charge in [-0.25, -0.2) is 4.79 Å². The molecule has 2 aliphatic rings. The fourth-order valence-electron chi connectivity index (χ4n) is 4.92. The Bertz CT molecular complexity index is 993. The lowest BCUT2D eigenvalue weighted by atomic mass is 9.84. The molecule has 5 nitrogen and oxygen atoms in total. The van der Waals surface area contributed by atoms with E-state index in [0.717, 1.165) is 29.7 Å². The van der Waals surface area contributed by atoms with Crippen molar-refractivity contribution in [2.45, 2.75) is 64.5 Å². The van der Waals surface area contributed by atoms with Crippen LogP contribution in [0.4, 0.5) is 10.5 Å². The highest BCUT2D eigenvalue weighted by molar-refractivity contribution is 6.30. The lowest BCUT2D eigenvalue weighted by Crippen LogP contribution is -2.31. The second-order valence-electron chi connectivity index (χ2n) is 10.1. The minimum Gasteiger partial charge on any atom is -0.459 e. The summed E-state index contributed by atoms with van der Waals surface area (Å²) in [5, 5.41) is 0.621. The van der Waals surface area contributed by atoms with E-state index in [1.165, 1.54) is 12.8 Å². The summed E-state index contributed by atoms with van der Waals surface area (Å²) in [6.45, 7) is 7.59. The Morgan fingerprint density at radius 1 is 1.09 bits per heavy atom. The molecule has 2 amide bonds. The fraction of sp³-hybridized carbons (Fsp3) is 0.481. The Balaban J connectivity index is 1.45. The number of halogens is 1. The third kappa shape index (κ3) is 5.70. The van der Waals surface area contributed by atoms with Crippen LogP contribution in [0.3, 0.4) is 0 Å². The van der Waals surface area contributed by atoms with E-state index < -0.39 is 5.60 Å². The van der Waals surface area contributed by atoms with Crippen molar-refractivity contribution >= 4 is 29.3 Å². The van der Waals surface area contributed by atoms with Crippen molar-refractivity contribution < 1.29 is 14.3 Å². The largest absolute Gasteiger partial charge is 0.459 e. The van der Waals surface area contributed by atoms with Crippen LogP contribution in [0.25, 0.3) is 0 Å². The molecule has 1 saturated heterocycles. The first-order valence-corrected chi connectivity index (χ1v) is 12.2. The first kappa shape index (κ1) is 23.6. The van der Waals surface area contributed by atoms with E-state index in [-0.39, 0.29) is 17.9 Å². The SMILES string of the molecule is CC(C)(C)OC(=O)C(c1ccc(CN2CCN(c3cccc(Cl)c3)C2=O)cc1)C1CCCC1. The first-order chi connectivity index (χ1) is 15.7. The minimum atomic E-state index is -0.501. The van der Waals surface area contributed by atoms with Crippen LogP contribution in [0.5, 0.6) is 0 Å². The standard InChI is InChI=1S/C27H33ClN2O3/c1-27(2,3)33-25(31)24(20-7-4-5-8-20)21-13-11-19(12-14-21)18-29-15-16-30(26(29)32)23-10-6-9-22(28)17-23/h6,9-14,17,20,24H,4-5,7-8,15-16,18H2,1-3H3. The van der Waals surface area contributed by atoms with Crippen LogP contribution in [0, 0.1) is 5.92 Å². The van der Waals surface area contributed by atoms with Crippen molar-refractivity contribution in [3.63, 3.8) is 0 Å². The normalized spacial score (nSPS) is 18.1. The number of carbonyl (C=O) groups excluding carboxylic acids is 2. The van der Waals surface area contributed by atoms with Gasteiger partial charge in [0.1, 0.15) is 5.60 Å². The number of ether oxygens (including phenoxy) is 1. The van der Waals surface area contributed by atoms with Crippen LogP contribution < -0.4 is 4.90 Å². The van der Waals surface area contributed by atoms with Gasteiger partial charge in [0.05, 0.1) is 5.92 Å². The number of nitrogens with zero attached hydrogens (tertiary/aromatic N) is 2. The molecule has 0 N–H and O–H groups in total. The minimum absolute atomic E-state index is 0.0149. The molecule has 176 valence electrons. The molecule has 2 aromatic rings. The Kier molecular flexibility index (Phi) is 6.99. The summed E-state index contributed by atoms with van der Waals surface area (Å²) in [7, 11) is 0. The summed E-state index contributed by atoms with van der Waals surface area (Å²) in [6, 6.07) is 15.5. The topological polar surface area (TPSA) is 49.9 Å². The average molecular weight is 469 g/mol. The Morgan fingerprint density at radius 2 is 1.79 bits per heavy atom. The van der Waals surface area contributed by atoms with E-state index >= 15 is 0 Å². The molecule has 0 spiro atoms. The smallest absolute Gasteiger partial charge is 0.324 e. The molecule has 1 aliphatic carbocycles. The number of urea groups is 1. The lowest BCUT2D eigenvalue weighted by Gasteiger charge is -2.27. The number of amides is 2. The molecule has 1 heterocycles. The summed E-state index contributed by atoms with van der Waals surface area (Å²) in [5.41, 5.74) is 2.38. The Labute approximate surface area is 201 Å². The van der Waals surface area contributed by atoms with Gasteiger partial charge in [0, 0.05) is 30.3 Å². The first-order valence-electron chi connectivity index (χ1n) is 11.8. The van der Waals surface area contributed by atoms with Crippen LogP contribution in [0.2, 0.25) is 5.02 Å². The summed E-state index contributed by atoms with van der Waals surface area (Å²) in [5.74, 6) is -0.0290. The zero-order valence-electron chi connectivity index (χ0n) is 19.7. The van der Waals surface area contributed by atoms with Crippen LogP contribution in [0.1, 0.15) is 63.5 Å². The molecular formula is C27H33ClN2O3. The van der Waals surface area contributed by atoms with Crippen molar-refractivity contribution in [2.75, 3.05) is 18.0 Å². The molecule has 0 aromatic heterocycles. The number of rotatable bonds is 6. The predicted molar refractivity (Wildman–Crippen MR) is 132 cm³/mol. The maximum atomic E-state index is 13.1. The van der Waals surface area contributed by atoms with E-state index in [1.807, 2.05) is 68.1 Å². The molecule has 2 fully saturated rings. The lowest BCUT2D eigenvalue weighted by molar-refractivity contribution is -0.158. The van der Waals surface area contributed by atoms with E-state index in [1.54, 1.807) is 11.0 Å². The van der Waals surface area contributed by atoms with Crippen molar-refractivity contribution in [3.05, 3.63) is 64.7 Å². The predicted octanol–water partition coefficient (Wildman–Crippen LogP) is 6.40. The number of hydrogen-bond acceptors (Lipinski definition) is 3. The van der Waals surface area contributed by atoms with E-state index in [9.17, 15) is 9.59 Å². The second-order valence-corrected chi connectivity index (χ2v) is 10.6. The molecule has 1 atom stereocenters. The van der Waals surface area contributed by atoms with E-state index in [2.05, 4.69) is 0 Å². The van der Waals surface area contributed by atoms with Crippen LogP contribution in [-0.4, -0.2) is 35.6 Å². The highest BCUT2D eigenvalue weighted by atomic mass is 35.5. The van der Waals surface area contributed by atoms with Crippen LogP contribution in [-0.2, 0) is 16.1 Å². The number of benzene rings is 2. The van der Waals surface area contributed by atoms with Crippen molar-refractivity contribution in [1.82, 2.24) is 4.90 Å². The number of anilines is 1. The maximum Gasteiger partial charge on any atom is 0.324 e. The maximum absolute atomic E-state index is 13.1. The summed E-state index contributed by atoms with van der Waals surface area (Å²) in [4.78, 5) is 29.6. The summed E-state index contributed by atoms with van der Waals surface area (Å²) in [6.07, 6.45) is 4.46. The molecule has 1 unspecified atom stereocenters. The van der Waals surface area contributed by atoms with Gasteiger partial charge in [-0.15, -0.1) is 0 Å². The third-order valence-corrected chi connectivity index (χ3v) is 6.69. The molecule has 33 heavy (non-hydrogen) atoms. The zero-order chi connectivity index (χ0) is 23.6. The van der Waals surface area contributed by atoms with Gasteiger partial charge >= 0.3 is 12.0 Å². The highest BCUT2D eigenvalue weighted by Gasteiger charge is 2.35. The molecule has 1 saturated carbocycles. The van der Waals surface area contributed by atoms with Crippen molar-refractivity contribution in [2.24, 2.45) is 5.92 Å². The van der Waals surface area contributed by atoms with Gasteiger partial charge in [0.25, 0.3) is 0 Å². The fourth-order valence-corrected chi connectivity index (χ4v) is 5.10. The number of carbonyl (C=O) groups is 2. The summed E-state index contributed by atoms with van der Waals surface area (Å²) < 4.78 is 5.77. The van der Waals surface area contributed by atoms with Gasteiger partial charge in [-0.2, -0.15) is 0 Å². The Hall–Kier alpha value is -2.53. The number of esters is 1. The average Bonchev–Trinajstić information content (AvgIpc) is 3.39. The second kappa shape index (κ2) is 9.76.